The van der Waals surface area contributed by atoms with Crippen LogP contribution in [0.5, 0.6) is 0 Å². The standard InChI is InChI=1S/C20H18F3N4O2S2/c21-20(22,23)16-10-18(31(28,29)19-24-7-9-30-19)25-11-17(16)26-15-6-8-27(13-15)12-14-4-2-1-3-5-14/h1-5,9-11,15,26H,6,8,12-13H2/t15-/m0/s1. The van der Waals surface area contributed by atoms with Crippen LogP contribution in [0.2, 0.25) is 0 Å². The van der Waals surface area contributed by atoms with Crippen molar-refractivity contribution in [3.8, 4) is 0 Å². The largest absolute Gasteiger partial charge is 0.418 e. The molecule has 31 heavy (non-hydrogen) atoms. The van der Waals surface area contributed by atoms with Gasteiger partial charge in [0.25, 0.3) is 9.84 Å². The zero-order valence-electron chi connectivity index (χ0n) is 16.1. The predicted molar refractivity (Wildman–Crippen MR) is 109 cm³/mol. The summed E-state index contributed by atoms with van der Waals surface area (Å²) in [4.78, 5) is 9.52. The summed E-state index contributed by atoms with van der Waals surface area (Å²) in [5.41, 5.74) is -0.165. The molecule has 4 rings (SSSR count). The summed E-state index contributed by atoms with van der Waals surface area (Å²) in [7, 11) is -4.24. The first-order valence-electron chi connectivity index (χ1n) is 9.40. The van der Waals surface area contributed by atoms with Gasteiger partial charge >= 0.3 is 6.18 Å². The van der Waals surface area contributed by atoms with Gasteiger partial charge in [-0.05, 0) is 18.1 Å². The number of thiazole rings is 1. The van der Waals surface area contributed by atoms with Gasteiger partial charge in [-0.3, -0.25) is 4.90 Å². The van der Waals surface area contributed by atoms with E-state index in [9.17, 15) is 21.6 Å². The van der Waals surface area contributed by atoms with Gasteiger partial charge < -0.3 is 5.32 Å². The SMILES string of the molecule is O=S(=O)(c1cc(C(F)(F)F)c(N[C@H]2CCN(Cc3ccccc3)C2)cn1)c1n[c]cs1. The number of hydrogen-bond acceptors (Lipinski definition) is 7. The molecule has 3 aromatic rings. The second kappa shape index (κ2) is 8.56. The van der Waals surface area contributed by atoms with Gasteiger partial charge in [-0.15, -0.1) is 11.3 Å². The molecule has 1 fully saturated rings. The number of aromatic nitrogens is 2. The van der Waals surface area contributed by atoms with Crippen molar-refractivity contribution in [2.75, 3.05) is 18.4 Å². The Hall–Kier alpha value is -2.50. The average molecular weight is 468 g/mol. The van der Waals surface area contributed by atoms with E-state index in [1.165, 1.54) is 5.38 Å². The first-order valence-corrected chi connectivity index (χ1v) is 11.8. The first kappa shape index (κ1) is 21.7. The van der Waals surface area contributed by atoms with Crippen molar-refractivity contribution in [1.82, 2.24) is 14.9 Å². The van der Waals surface area contributed by atoms with Crippen LogP contribution in [-0.4, -0.2) is 42.4 Å². The molecule has 2 aromatic heterocycles. The first-order chi connectivity index (χ1) is 14.7. The Morgan fingerprint density at radius 2 is 2.03 bits per heavy atom. The Balaban J connectivity index is 1.53. The zero-order valence-corrected chi connectivity index (χ0v) is 17.8. The maximum atomic E-state index is 13.7. The fraction of sp³-hybridized carbons (Fsp3) is 0.300. The molecule has 0 amide bonds. The van der Waals surface area contributed by atoms with Crippen molar-refractivity contribution < 1.29 is 21.6 Å². The molecule has 1 N–H and O–H groups in total. The molecular formula is C20H18F3N4O2S2. The maximum Gasteiger partial charge on any atom is 0.418 e. The molecule has 163 valence electrons. The van der Waals surface area contributed by atoms with Gasteiger partial charge in [0.2, 0.25) is 4.34 Å². The van der Waals surface area contributed by atoms with Crippen molar-refractivity contribution in [3.05, 3.63) is 65.3 Å². The van der Waals surface area contributed by atoms with Crippen LogP contribution in [-0.2, 0) is 22.6 Å². The van der Waals surface area contributed by atoms with Gasteiger partial charge in [0, 0.05) is 31.1 Å². The predicted octanol–water partition coefficient (Wildman–Crippen LogP) is 3.88. The molecule has 3 heterocycles. The highest BCUT2D eigenvalue weighted by Gasteiger charge is 2.37. The molecular weight excluding hydrogens is 449 g/mol. The summed E-state index contributed by atoms with van der Waals surface area (Å²) in [6, 6.07) is 10.2. The molecule has 1 atom stereocenters. The molecule has 1 aliphatic rings. The van der Waals surface area contributed by atoms with E-state index in [-0.39, 0.29) is 16.1 Å². The van der Waals surface area contributed by atoms with E-state index in [0.717, 1.165) is 29.6 Å². The number of halogens is 3. The van der Waals surface area contributed by atoms with Gasteiger partial charge in [0.1, 0.15) is 6.20 Å². The number of nitrogens with one attached hydrogen (secondary N) is 1. The van der Waals surface area contributed by atoms with Crippen LogP contribution >= 0.6 is 11.3 Å². The van der Waals surface area contributed by atoms with Crippen LogP contribution in [0.25, 0.3) is 0 Å². The highest BCUT2D eigenvalue weighted by Crippen LogP contribution is 2.37. The Labute approximate surface area is 181 Å². The minimum absolute atomic E-state index is 0.206. The maximum absolute atomic E-state index is 13.7. The summed E-state index contributed by atoms with van der Waals surface area (Å²) in [5.74, 6) is 0. The molecule has 11 heteroatoms. The van der Waals surface area contributed by atoms with Gasteiger partial charge in [0.15, 0.2) is 5.03 Å². The number of likely N-dealkylation sites (tertiary alicyclic amines) is 1. The zero-order chi connectivity index (χ0) is 22.1. The lowest BCUT2D eigenvalue weighted by molar-refractivity contribution is -0.137. The number of hydrogen-bond donors (Lipinski definition) is 1. The summed E-state index contributed by atoms with van der Waals surface area (Å²) in [5, 5.41) is 3.53. The van der Waals surface area contributed by atoms with Crippen LogP contribution < -0.4 is 5.32 Å². The third-order valence-electron chi connectivity index (χ3n) is 4.94. The van der Waals surface area contributed by atoms with Gasteiger partial charge in [-0.25, -0.2) is 18.4 Å². The minimum atomic E-state index is -4.74. The number of anilines is 1. The number of pyridine rings is 1. The Morgan fingerprint density at radius 1 is 1.26 bits per heavy atom. The smallest absolute Gasteiger partial charge is 0.379 e. The topological polar surface area (TPSA) is 75.2 Å². The van der Waals surface area contributed by atoms with E-state index in [0.29, 0.717) is 25.6 Å². The highest BCUT2D eigenvalue weighted by atomic mass is 32.2. The van der Waals surface area contributed by atoms with Crippen LogP contribution in [0.1, 0.15) is 17.5 Å². The van der Waals surface area contributed by atoms with Gasteiger partial charge in [-0.2, -0.15) is 13.2 Å². The van der Waals surface area contributed by atoms with Crippen molar-refractivity contribution in [2.45, 2.75) is 34.5 Å². The summed E-state index contributed by atoms with van der Waals surface area (Å²) < 4.78 is 65.8. The van der Waals surface area contributed by atoms with E-state index in [1.807, 2.05) is 30.3 Å². The number of benzene rings is 1. The second-order valence-electron chi connectivity index (χ2n) is 7.16. The van der Waals surface area contributed by atoms with E-state index in [4.69, 9.17) is 0 Å². The average Bonchev–Trinajstić information content (AvgIpc) is 3.41. The van der Waals surface area contributed by atoms with E-state index >= 15 is 0 Å². The van der Waals surface area contributed by atoms with E-state index in [2.05, 4.69) is 26.4 Å². The summed E-state index contributed by atoms with van der Waals surface area (Å²) >= 11 is 0.772. The highest BCUT2D eigenvalue weighted by molar-refractivity contribution is 7.93. The van der Waals surface area contributed by atoms with Crippen LogP contribution in [0, 0.1) is 6.20 Å². The monoisotopic (exact) mass is 467 g/mol. The number of rotatable bonds is 6. The summed E-state index contributed by atoms with van der Waals surface area (Å²) in [6.07, 6.45) is -0.786. The lowest BCUT2D eigenvalue weighted by Gasteiger charge is -2.20. The quantitative estimate of drug-likeness (QED) is 0.593. The van der Waals surface area contributed by atoms with E-state index < -0.39 is 26.6 Å². The molecule has 1 aromatic carbocycles. The molecule has 1 aliphatic heterocycles. The molecule has 6 nitrogen and oxygen atoms in total. The number of alkyl halides is 3. The molecule has 0 saturated carbocycles. The third kappa shape index (κ3) is 4.89. The van der Waals surface area contributed by atoms with E-state index in [1.54, 1.807) is 0 Å². The molecule has 0 aliphatic carbocycles. The van der Waals surface area contributed by atoms with Gasteiger partial charge in [-0.1, -0.05) is 30.3 Å². The number of nitrogens with zero attached hydrogens (tertiary/aromatic N) is 3. The Kier molecular flexibility index (Phi) is 6.00. The second-order valence-corrected chi connectivity index (χ2v) is 10.1. The molecule has 0 bridgehead atoms. The van der Waals surface area contributed by atoms with Crippen molar-refractivity contribution >= 4 is 26.9 Å². The van der Waals surface area contributed by atoms with Crippen LogP contribution in [0.3, 0.4) is 0 Å². The molecule has 0 spiro atoms. The number of sulfone groups is 1. The minimum Gasteiger partial charge on any atom is -0.379 e. The summed E-state index contributed by atoms with van der Waals surface area (Å²) in [6.45, 7) is 2.03. The fourth-order valence-corrected chi connectivity index (χ4v) is 5.52. The lowest BCUT2D eigenvalue weighted by atomic mass is 10.2. The molecule has 1 radical (unpaired) electrons. The molecule has 1 saturated heterocycles. The van der Waals surface area contributed by atoms with Crippen molar-refractivity contribution in [1.29, 1.82) is 0 Å². The fourth-order valence-electron chi connectivity index (χ4n) is 3.48. The third-order valence-corrected chi connectivity index (χ3v) is 7.73. The normalized spacial score (nSPS) is 17.7. The lowest BCUT2D eigenvalue weighted by Crippen LogP contribution is -2.27. The van der Waals surface area contributed by atoms with Crippen molar-refractivity contribution in [2.24, 2.45) is 0 Å². The van der Waals surface area contributed by atoms with Crippen LogP contribution in [0.4, 0.5) is 18.9 Å². The molecule has 0 unspecified atom stereocenters. The van der Waals surface area contributed by atoms with Gasteiger partial charge in [0.05, 0.1) is 17.4 Å². The van der Waals surface area contributed by atoms with Crippen molar-refractivity contribution in [3.63, 3.8) is 0 Å². The Morgan fingerprint density at radius 3 is 2.71 bits per heavy atom. The Bertz CT molecular complexity index is 1140. The van der Waals surface area contributed by atoms with Crippen LogP contribution in [0.15, 0.2) is 57.3 Å².